The molecule has 18 heteroatoms. The fourth-order valence-corrected chi connectivity index (χ4v) is 9.37. The number of benzene rings is 2. The molecule has 2 aliphatic carbocycles. The lowest BCUT2D eigenvalue weighted by atomic mass is 9.94. The van der Waals surface area contributed by atoms with E-state index in [0.29, 0.717) is 42.2 Å². The van der Waals surface area contributed by atoms with Crippen LogP contribution in [0.4, 0.5) is 13.2 Å². The Labute approximate surface area is 356 Å². The van der Waals surface area contributed by atoms with E-state index < -0.39 is 79.3 Å². The van der Waals surface area contributed by atoms with Crippen LogP contribution >= 0.6 is 0 Å². The molecule has 2 aromatic carbocycles. The van der Waals surface area contributed by atoms with Gasteiger partial charge in [-0.1, -0.05) is 70.0 Å². The number of alkyl halides is 3. The van der Waals surface area contributed by atoms with Crippen LogP contribution in [0.3, 0.4) is 0 Å². The van der Waals surface area contributed by atoms with Crippen molar-refractivity contribution >= 4 is 55.7 Å². The highest BCUT2D eigenvalue weighted by Gasteiger charge is 2.63. The summed E-state index contributed by atoms with van der Waals surface area (Å²) in [6.45, 7) is 6.56. The minimum atomic E-state index is -4.57. The van der Waals surface area contributed by atoms with Gasteiger partial charge in [-0.3, -0.25) is 23.9 Å². The van der Waals surface area contributed by atoms with Crippen molar-refractivity contribution in [3.05, 3.63) is 66.2 Å². The Morgan fingerprint density at radius 1 is 1.00 bits per heavy atom. The number of halogens is 3. The summed E-state index contributed by atoms with van der Waals surface area (Å²) in [4.78, 5) is 67.3. The molecule has 2 aromatic heterocycles. The first-order chi connectivity index (χ1) is 29.2. The summed E-state index contributed by atoms with van der Waals surface area (Å²) < 4.78 is 80.7. The summed E-state index contributed by atoms with van der Waals surface area (Å²) in [6, 6.07) is 9.08. The SMILES string of the molecule is CC(C)(C)C(=O)N[C@H]1CCCCCC=C[C@@H]2C[C@@]2(C(=O)NS(=O)(=O)C2(C)CC2)NC(=O)[C@@H]2C[C@@H](Oc3nc(-c4ccc(C(F)(F)F)cc4)nc4c3oc3ccccc34)CN2C1=O. The highest BCUT2D eigenvalue weighted by Crippen LogP contribution is 2.48. The van der Waals surface area contributed by atoms with Gasteiger partial charge in [-0.2, -0.15) is 18.2 Å². The van der Waals surface area contributed by atoms with E-state index in [4.69, 9.17) is 9.15 Å². The maximum atomic E-state index is 14.7. The number of carbonyl (C=O) groups is 4. The molecule has 14 nitrogen and oxygen atoms in total. The Bertz CT molecular complexity index is 2580. The van der Waals surface area contributed by atoms with Gasteiger partial charge in [-0.15, -0.1) is 0 Å². The standard InChI is InChI=1S/C44H49F3N6O8S/c1-41(2,3)39(56)48-30-14-9-7-5-6-8-12-27-23-43(27,40(57)52-62(58,59)42(4)20-21-42)51-36(54)31-22-28(24-53(31)38(30)55)60-37-34-33(29-13-10-11-15-32(29)61-34)49-35(50-37)25-16-18-26(19-17-25)44(45,46)47/h8,10-13,15-19,27-28,30-31H,5-7,9,14,20-24H2,1-4H3,(H,48,56)(H,51,54)(H,52,57)/t27-,28-,30+,31+,43-/m1/s1. The average Bonchev–Trinajstić information content (AvgIpc) is 4.03. The van der Waals surface area contributed by atoms with Crippen molar-refractivity contribution in [3.63, 3.8) is 0 Å². The van der Waals surface area contributed by atoms with Gasteiger partial charge in [0.25, 0.3) is 11.8 Å². The van der Waals surface area contributed by atoms with Gasteiger partial charge >= 0.3 is 6.18 Å². The van der Waals surface area contributed by atoms with E-state index in [2.05, 4.69) is 25.3 Å². The Morgan fingerprint density at radius 2 is 1.73 bits per heavy atom. The quantitative estimate of drug-likeness (QED) is 0.177. The lowest BCUT2D eigenvalue weighted by molar-refractivity contribution is -0.143. The van der Waals surface area contributed by atoms with Crippen molar-refractivity contribution in [1.82, 2.24) is 30.2 Å². The van der Waals surface area contributed by atoms with Crippen LogP contribution in [0.15, 0.2) is 65.1 Å². The number of nitrogens with one attached hydrogen (secondary N) is 3. The molecular weight excluding hydrogens is 830 g/mol. The summed E-state index contributed by atoms with van der Waals surface area (Å²) in [5.74, 6) is -3.04. The summed E-state index contributed by atoms with van der Waals surface area (Å²) in [6.07, 6.45) is 2.04. The average molecular weight is 879 g/mol. The fraction of sp³-hybridized carbons (Fsp3) is 0.500. The maximum absolute atomic E-state index is 14.7. The Kier molecular flexibility index (Phi) is 10.9. The first kappa shape index (κ1) is 43.1. The molecule has 0 spiro atoms. The van der Waals surface area contributed by atoms with Gasteiger partial charge in [-0.05, 0) is 69.7 Å². The van der Waals surface area contributed by atoms with Crippen LogP contribution in [0.2, 0.25) is 0 Å². The second kappa shape index (κ2) is 15.7. The van der Waals surface area contributed by atoms with E-state index in [-0.39, 0.29) is 54.6 Å². The van der Waals surface area contributed by atoms with Crippen LogP contribution in [0.5, 0.6) is 5.88 Å². The smallest absolute Gasteiger partial charge is 0.416 e. The van der Waals surface area contributed by atoms with E-state index in [1.165, 1.54) is 17.0 Å². The molecule has 62 heavy (non-hydrogen) atoms. The number of nitrogens with zero attached hydrogens (tertiary/aromatic N) is 3. The normalized spacial score (nSPS) is 25.6. The molecule has 4 aliphatic rings. The van der Waals surface area contributed by atoms with Gasteiger partial charge in [0.15, 0.2) is 5.82 Å². The number of fused-ring (bicyclic) bond motifs is 5. The zero-order valence-electron chi connectivity index (χ0n) is 34.8. The van der Waals surface area contributed by atoms with Crippen molar-refractivity contribution in [1.29, 1.82) is 0 Å². The number of allylic oxidation sites excluding steroid dienone is 1. The minimum Gasteiger partial charge on any atom is -0.470 e. The predicted octanol–water partition coefficient (Wildman–Crippen LogP) is 6.33. The molecule has 5 atom stereocenters. The first-order valence-electron chi connectivity index (χ1n) is 20.9. The molecule has 4 heterocycles. The van der Waals surface area contributed by atoms with Crippen molar-refractivity contribution in [2.75, 3.05) is 6.54 Å². The van der Waals surface area contributed by atoms with Gasteiger partial charge in [0.05, 0.1) is 16.9 Å². The number of aromatic nitrogens is 2. The Hall–Kier alpha value is -5.52. The minimum absolute atomic E-state index is 0.0372. The van der Waals surface area contributed by atoms with Crippen LogP contribution in [0.25, 0.3) is 33.5 Å². The molecule has 0 bridgehead atoms. The fourth-order valence-electron chi connectivity index (χ4n) is 8.06. The Morgan fingerprint density at radius 3 is 2.42 bits per heavy atom. The molecule has 4 amide bonds. The monoisotopic (exact) mass is 878 g/mol. The highest BCUT2D eigenvalue weighted by molar-refractivity contribution is 7.91. The number of carbonyl (C=O) groups excluding carboxylic acids is 4. The largest absolute Gasteiger partial charge is 0.470 e. The van der Waals surface area contributed by atoms with Crippen molar-refractivity contribution in [3.8, 4) is 17.3 Å². The van der Waals surface area contributed by atoms with E-state index in [0.717, 1.165) is 25.0 Å². The molecule has 3 fully saturated rings. The summed E-state index contributed by atoms with van der Waals surface area (Å²) in [7, 11) is -4.06. The molecule has 8 rings (SSSR count). The summed E-state index contributed by atoms with van der Waals surface area (Å²) in [5.41, 5.74) is -2.16. The van der Waals surface area contributed by atoms with Crippen LogP contribution in [0.1, 0.15) is 91.0 Å². The number of rotatable bonds is 7. The number of furan rings is 1. The first-order valence-corrected chi connectivity index (χ1v) is 22.4. The molecule has 2 saturated carbocycles. The molecular formula is C44H49F3N6O8S. The van der Waals surface area contributed by atoms with Gasteiger partial charge in [0.1, 0.15) is 34.8 Å². The molecule has 0 unspecified atom stereocenters. The van der Waals surface area contributed by atoms with Crippen LogP contribution in [0, 0.1) is 11.3 Å². The molecule has 1 saturated heterocycles. The van der Waals surface area contributed by atoms with Crippen LogP contribution in [-0.2, 0) is 35.4 Å². The lowest BCUT2D eigenvalue weighted by Gasteiger charge is -2.31. The third-order valence-electron chi connectivity index (χ3n) is 12.4. The number of amides is 4. The maximum Gasteiger partial charge on any atom is 0.416 e. The molecule has 3 N–H and O–H groups in total. The van der Waals surface area contributed by atoms with Gasteiger partial charge < -0.3 is 24.7 Å². The third-order valence-corrected chi connectivity index (χ3v) is 14.6. The number of sulfonamides is 1. The van der Waals surface area contributed by atoms with Crippen molar-refractivity contribution < 1.29 is 49.9 Å². The van der Waals surface area contributed by atoms with Gasteiger partial charge in [0, 0.05) is 28.7 Å². The topological polar surface area (TPSA) is 190 Å². The van der Waals surface area contributed by atoms with Crippen LogP contribution < -0.4 is 20.1 Å². The predicted molar refractivity (Wildman–Crippen MR) is 222 cm³/mol. The zero-order valence-corrected chi connectivity index (χ0v) is 35.6. The third kappa shape index (κ3) is 8.37. The Balaban J connectivity index is 1.16. The number of hydrogen-bond acceptors (Lipinski definition) is 10. The van der Waals surface area contributed by atoms with E-state index in [9.17, 15) is 40.8 Å². The van der Waals surface area contributed by atoms with E-state index >= 15 is 0 Å². The zero-order chi connectivity index (χ0) is 44.4. The summed E-state index contributed by atoms with van der Waals surface area (Å²) >= 11 is 0. The lowest BCUT2D eigenvalue weighted by Crippen LogP contribution is -2.59. The molecule has 330 valence electrons. The molecule has 0 radical (unpaired) electrons. The van der Waals surface area contributed by atoms with E-state index in [1.54, 1.807) is 52.0 Å². The number of hydrogen-bond donors (Lipinski definition) is 3. The van der Waals surface area contributed by atoms with Crippen LogP contribution in [-0.4, -0.2) is 81.9 Å². The van der Waals surface area contributed by atoms with Gasteiger partial charge in [0.2, 0.25) is 33.3 Å². The second-order valence-electron chi connectivity index (χ2n) is 18.2. The molecule has 2 aliphatic heterocycles. The number of para-hydroxylation sites is 1. The van der Waals surface area contributed by atoms with Crippen molar-refractivity contribution in [2.24, 2.45) is 11.3 Å². The molecule has 4 aromatic rings. The highest BCUT2D eigenvalue weighted by atomic mass is 32.2. The van der Waals surface area contributed by atoms with Crippen molar-refractivity contribution in [2.45, 2.75) is 120 Å². The summed E-state index contributed by atoms with van der Waals surface area (Å²) in [5, 5.41) is 6.35. The van der Waals surface area contributed by atoms with Gasteiger partial charge in [-0.25, -0.2) is 13.4 Å². The van der Waals surface area contributed by atoms with E-state index in [1.807, 2.05) is 12.2 Å². The number of ether oxygens (including phenoxy) is 1. The second-order valence-corrected chi connectivity index (χ2v) is 20.4.